The van der Waals surface area contributed by atoms with Crippen LogP contribution in [0.4, 0.5) is 5.69 Å². The Balaban J connectivity index is 1.54. The fourth-order valence-corrected chi connectivity index (χ4v) is 2.59. The lowest BCUT2D eigenvalue weighted by Gasteiger charge is -2.18. The van der Waals surface area contributed by atoms with Crippen LogP contribution in [-0.2, 0) is 9.59 Å². The van der Waals surface area contributed by atoms with E-state index in [1.807, 2.05) is 49.4 Å². The lowest BCUT2D eigenvalue weighted by Crippen LogP contribution is -2.33. The molecular formula is C21H22N2O4. The number of aryl methyl sites for hydroxylation is 1. The molecule has 2 amide bonds. The van der Waals surface area contributed by atoms with Crippen molar-refractivity contribution >= 4 is 23.6 Å². The van der Waals surface area contributed by atoms with Gasteiger partial charge in [0.2, 0.25) is 11.8 Å². The highest BCUT2D eigenvalue weighted by atomic mass is 16.6. The van der Waals surface area contributed by atoms with Crippen molar-refractivity contribution in [2.24, 2.45) is 0 Å². The Hall–Kier alpha value is -3.28. The minimum Gasteiger partial charge on any atom is -0.486 e. The van der Waals surface area contributed by atoms with Crippen molar-refractivity contribution in [3.63, 3.8) is 0 Å². The standard InChI is InChI=1S/C21H22N2O4/c1-15-3-7-17(8-4-15)22-20(24)14-23(2)21(25)10-6-16-5-9-18-19(13-16)27-12-11-26-18/h3-10,13H,11-12,14H2,1-2H3,(H,22,24)/b10-6+. The van der Waals surface area contributed by atoms with Crippen molar-refractivity contribution in [2.75, 3.05) is 32.1 Å². The van der Waals surface area contributed by atoms with Crippen LogP contribution in [0.2, 0.25) is 0 Å². The molecule has 1 aliphatic rings. The van der Waals surface area contributed by atoms with Crippen LogP contribution in [0.5, 0.6) is 11.5 Å². The summed E-state index contributed by atoms with van der Waals surface area (Å²) in [4.78, 5) is 25.7. The molecular weight excluding hydrogens is 344 g/mol. The molecule has 0 aromatic heterocycles. The second-order valence-electron chi connectivity index (χ2n) is 6.34. The van der Waals surface area contributed by atoms with Crippen LogP contribution in [-0.4, -0.2) is 43.5 Å². The molecule has 2 aromatic carbocycles. The van der Waals surface area contributed by atoms with E-state index in [0.29, 0.717) is 30.4 Å². The number of hydrogen-bond acceptors (Lipinski definition) is 4. The van der Waals surface area contributed by atoms with Crippen molar-refractivity contribution < 1.29 is 19.1 Å². The first-order chi connectivity index (χ1) is 13.0. The van der Waals surface area contributed by atoms with Gasteiger partial charge in [0.05, 0.1) is 6.54 Å². The summed E-state index contributed by atoms with van der Waals surface area (Å²) in [7, 11) is 1.59. The Morgan fingerprint density at radius 1 is 1.07 bits per heavy atom. The van der Waals surface area contributed by atoms with E-state index in [1.165, 1.54) is 11.0 Å². The maximum absolute atomic E-state index is 12.2. The first kappa shape index (κ1) is 18.5. The SMILES string of the molecule is Cc1ccc(NC(=O)CN(C)C(=O)/C=C/c2ccc3c(c2)OCCO3)cc1. The molecule has 0 spiro atoms. The average Bonchev–Trinajstić information content (AvgIpc) is 2.67. The zero-order valence-electron chi connectivity index (χ0n) is 15.4. The Morgan fingerprint density at radius 2 is 1.78 bits per heavy atom. The van der Waals surface area contributed by atoms with Gasteiger partial charge in [0, 0.05) is 18.8 Å². The zero-order valence-corrected chi connectivity index (χ0v) is 15.4. The Bertz CT molecular complexity index is 859. The molecule has 1 aliphatic heterocycles. The number of rotatable bonds is 5. The van der Waals surface area contributed by atoms with E-state index in [-0.39, 0.29) is 18.4 Å². The number of amides is 2. The summed E-state index contributed by atoms with van der Waals surface area (Å²) in [5.41, 5.74) is 2.65. The molecule has 0 unspecified atom stereocenters. The lowest BCUT2D eigenvalue weighted by molar-refractivity contribution is -0.129. The average molecular weight is 366 g/mol. The molecule has 0 aliphatic carbocycles. The van der Waals surface area contributed by atoms with Gasteiger partial charge in [0.1, 0.15) is 13.2 Å². The summed E-state index contributed by atoms with van der Waals surface area (Å²) >= 11 is 0. The molecule has 3 rings (SSSR count). The Labute approximate surface area is 158 Å². The first-order valence-electron chi connectivity index (χ1n) is 8.70. The van der Waals surface area contributed by atoms with Crippen LogP contribution in [0.1, 0.15) is 11.1 Å². The summed E-state index contributed by atoms with van der Waals surface area (Å²) in [5, 5.41) is 2.78. The van der Waals surface area contributed by atoms with Crippen LogP contribution in [0.3, 0.4) is 0 Å². The number of benzene rings is 2. The van der Waals surface area contributed by atoms with Gasteiger partial charge < -0.3 is 19.7 Å². The summed E-state index contributed by atoms with van der Waals surface area (Å²) < 4.78 is 11.0. The van der Waals surface area contributed by atoms with Crippen molar-refractivity contribution in [1.29, 1.82) is 0 Å². The van der Waals surface area contributed by atoms with Gasteiger partial charge in [-0.25, -0.2) is 0 Å². The second kappa shape index (κ2) is 8.40. The normalized spacial score (nSPS) is 12.7. The summed E-state index contributed by atoms with van der Waals surface area (Å²) in [6, 6.07) is 13.0. The molecule has 0 radical (unpaired) electrons. The van der Waals surface area contributed by atoms with Crippen LogP contribution in [0.15, 0.2) is 48.5 Å². The highest BCUT2D eigenvalue weighted by molar-refractivity contribution is 5.97. The fourth-order valence-electron chi connectivity index (χ4n) is 2.59. The molecule has 6 nitrogen and oxygen atoms in total. The highest BCUT2D eigenvalue weighted by Gasteiger charge is 2.12. The molecule has 27 heavy (non-hydrogen) atoms. The predicted molar refractivity (Wildman–Crippen MR) is 104 cm³/mol. The minimum absolute atomic E-state index is 0.0296. The fraction of sp³-hybridized carbons (Fsp3) is 0.238. The topological polar surface area (TPSA) is 67.9 Å². The molecule has 0 fully saturated rings. The number of nitrogens with one attached hydrogen (secondary N) is 1. The summed E-state index contributed by atoms with van der Waals surface area (Å²) in [6.07, 6.45) is 3.12. The van der Waals surface area contributed by atoms with Crippen LogP contribution in [0.25, 0.3) is 6.08 Å². The zero-order chi connectivity index (χ0) is 19.2. The largest absolute Gasteiger partial charge is 0.486 e. The molecule has 140 valence electrons. The van der Waals surface area contributed by atoms with Crippen molar-refractivity contribution in [3.8, 4) is 11.5 Å². The predicted octanol–water partition coefficient (Wildman–Crippen LogP) is 2.88. The van der Waals surface area contributed by atoms with Gasteiger partial charge >= 0.3 is 0 Å². The van der Waals surface area contributed by atoms with Gasteiger partial charge in [-0.15, -0.1) is 0 Å². The van der Waals surface area contributed by atoms with Crippen LogP contribution < -0.4 is 14.8 Å². The van der Waals surface area contributed by atoms with Crippen molar-refractivity contribution in [3.05, 3.63) is 59.7 Å². The first-order valence-corrected chi connectivity index (χ1v) is 8.70. The second-order valence-corrected chi connectivity index (χ2v) is 6.34. The number of fused-ring (bicyclic) bond motifs is 1. The maximum Gasteiger partial charge on any atom is 0.246 e. The molecule has 1 heterocycles. The van der Waals surface area contributed by atoms with Crippen molar-refractivity contribution in [2.45, 2.75) is 6.92 Å². The summed E-state index contributed by atoms with van der Waals surface area (Å²) in [6.45, 7) is 3.00. The van der Waals surface area contributed by atoms with E-state index < -0.39 is 0 Å². The van der Waals surface area contributed by atoms with E-state index in [2.05, 4.69) is 5.32 Å². The van der Waals surface area contributed by atoms with Gasteiger partial charge in [0.15, 0.2) is 11.5 Å². The van der Waals surface area contributed by atoms with E-state index in [0.717, 1.165) is 11.1 Å². The van der Waals surface area contributed by atoms with E-state index in [4.69, 9.17) is 9.47 Å². The minimum atomic E-state index is -0.260. The van der Waals surface area contributed by atoms with E-state index in [1.54, 1.807) is 13.1 Å². The van der Waals surface area contributed by atoms with Gasteiger partial charge in [-0.2, -0.15) is 0 Å². The number of nitrogens with zero attached hydrogens (tertiary/aromatic N) is 1. The molecule has 0 saturated heterocycles. The number of carbonyl (C=O) groups is 2. The maximum atomic E-state index is 12.2. The quantitative estimate of drug-likeness (QED) is 0.827. The monoisotopic (exact) mass is 366 g/mol. The number of carbonyl (C=O) groups excluding carboxylic acids is 2. The molecule has 0 bridgehead atoms. The number of hydrogen-bond donors (Lipinski definition) is 1. The molecule has 1 N–H and O–H groups in total. The van der Waals surface area contributed by atoms with Crippen LogP contribution in [0, 0.1) is 6.92 Å². The van der Waals surface area contributed by atoms with Gasteiger partial charge in [0.25, 0.3) is 0 Å². The number of likely N-dealkylation sites (N-methyl/N-ethyl adjacent to an activating group) is 1. The third-order valence-corrected chi connectivity index (χ3v) is 4.08. The third-order valence-electron chi connectivity index (χ3n) is 4.08. The smallest absolute Gasteiger partial charge is 0.246 e. The lowest BCUT2D eigenvalue weighted by atomic mass is 10.2. The Morgan fingerprint density at radius 3 is 2.52 bits per heavy atom. The molecule has 2 aromatic rings. The summed E-state index contributed by atoms with van der Waals surface area (Å²) in [5.74, 6) is 0.864. The third kappa shape index (κ3) is 5.10. The Kier molecular flexibility index (Phi) is 5.76. The molecule has 6 heteroatoms. The van der Waals surface area contributed by atoms with Gasteiger partial charge in [-0.3, -0.25) is 9.59 Å². The molecule has 0 saturated carbocycles. The molecule has 0 atom stereocenters. The number of ether oxygens (including phenoxy) is 2. The number of anilines is 1. The van der Waals surface area contributed by atoms with E-state index >= 15 is 0 Å². The van der Waals surface area contributed by atoms with Gasteiger partial charge in [-0.05, 0) is 42.8 Å². The highest BCUT2D eigenvalue weighted by Crippen LogP contribution is 2.31. The van der Waals surface area contributed by atoms with Gasteiger partial charge in [-0.1, -0.05) is 23.8 Å². The van der Waals surface area contributed by atoms with Crippen molar-refractivity contribution in [1.82, 2.24) is 4.90 Å². The van der Waals surface area contributed by atoms with Crippen LogP contribution >= 0.6 is 0 Å². The van der Waals surface area contributed by atoms with E-state index in [9.17, 15) is 9.59 Å².